The number of fused-ring (bicyclic) bond motifs is 1. The second-order valence-corrected chi connectivity index (χ2v) is 4.20. The van der Waals surface area contributed by atoms with Crippen LogP contribution in [0.1, 0.15) is 16.9 Å². The number of amides is 1. The summed E-state index contributed by atoms with van der Waals surface area (Å²) >= 11 is 0. The Bertz CT molecular complexity index is 645. The number of para-hydroxylation sites is 1. The van der Waals surface area contributed by atoms with Crippen molar-refractivity contribution < 1.29 is 19.8 Å². The monoisotopic (exact) mass is 262 g/mol. The summed E-state index contributed by atoms with van der Waals surface area (Å²) < 4.78 is 1.58. The van der Waals surface area contributed by atoms with E-state index in [4.69, 9.17) is 5.11 Å². The molecule has 0 aliphatic heterocycles. The fourth-order valence-corrected chi connectivity index (χ4v) is 1.99. The van der Waals surface area contributed by atoms with Crippen LogP contribution in [0.3, 0.4) is 0 Å². The van der Waals surface area contributed by atoms with Crippen molar-refractivity contribution in [2.45, 2.75) is 6.42 Å². The van der Waals surface area contributed by atoms with Gasteiger partial charge in [0.2, 0.25) is 0 Å². The van der Waals surface area contributed by atoms with Gasteiger partial charge in [-0.2, -0.15) is 0 Å². The number of aliphatic carboxylic acids is 1. The molecule has 0 atom stereocenters. The summed E-state index contributed by atoms with van der Waals surface area (Å²) in [5.74, 6) is -1.22. The quantitative estimate of drug-likeness (QED) is 0.769. The number of benzene rings is 1. The molecule has 0 radical (unpaired) electrons. The maximum atomic E-state index is 11.9. The predicted octanol–water partition coefficient (Wildman–Crippen LogP) is 1.09. The highest BCUT2D eigenvalue weighted by molar-refractivity contribution is 6.00. The number of nitrogens with zero attached hydrogens (tertiary/aromatic N) is 1. The van der Waals surface area contributed by atoms with Crippen LogP contribution < -0.4 is 5.32 Å². The Kier molecular flexibility index (Phi) is 3.41. The van der Waals surface area contributed by atoms with Crippen molar-refractivity contribution in [3.05, 3.63) is 30.0 Å². The summed E-state index contributed by atoms with van der Waals surface area (Å²) in [7, 11) is 1.67. The van der Waals surface area contributed by atoms with E-state index in [1.54, 1.807) is 35.9 Å². The zero-order chi connectivity index (χ0) is 14.0. The minimum Gasteiger partial charge on any atom is -0.506 e. The molecular formula is C13H14N2O4. The highest BCUT2D eigenvalue weighted by Gasteiger charge is 2.15. The molecule has 0 saturated heterocycles. The van der Waals surface area contributed by atoms with Crippen molar-refractivity contribution >= 4 is 22.8 Å². The van der Waals surface area contributed by atoms with Crippen molar-refractivity contribution in [1.82, 2.24) is 9.88 Å². The molecule has 1 aromatic heterocycles. The third-order valence-electron chi connectivity index (χ3n) is 2.89. The summed E-state index contributed by atoms with van der Waals surface area (Å²) in [6, 6.07) is 6.70. The van der Waals surface area contributed by atoms with E-state index in [2.05, 4.69) is 5.32 Å². The van der Waals surface area contributed by atoms with Gasteiger partial charge in [-0.05, 0) is 12.1 Å². The lowest BCUT2D eigenvalue weighted by Gasteiger charge is -2.05. The van der Waals surface area contributed by atoms with Crippen molar-refractivity contribution in [2.75, 3.05) is 6.54 Å². The van der Waals surface area contributed by atoms with Gasteiger partial charge in [0.1, 0.15) is 11.4 Å². The number of rotatable bonds is 4. The van der Waals surface area contributed by atoms with Gasteiger partial charge in [0.15, 0.2) is 0 Å². The Morgan fingerprint density at radius 3 is 2.74 bits per heavy atom. The average Bonchev–Trinajstić information content (AvgIpc) is 2.67. The molecule has 19 heavy (non-hydrogen) atoms. The fourth-order valence-electron chi connectivity index (χ4n) is 1.99. The molecule has 100 valence electrons. The van der Waals surface area contributed by atoms with Crippen molar-refractivity contribution in [2.24, 2.45) is 7.05 Å². The number of aromatic nitrogens is 1. The Balaban J connectivity index is 2.25. The molecule has 6 nitrogen and oxygen atoms in total. The van der Waals surface area contributed by atoms with Crippen LogP contribution in [0, 0.1) is 0 Å². The van der Waals surface area contributed by atoms with E-state index < -0.39 is 5.97 Å². The average molecular weight is 262 g/mol. The lowest BCUT2D eigenvalue weighted by atomic mass is 10.2. The summed E-state index contributed by atoms with van der Waals surface area (Å²) in [6.45, 7) is 0.0711. The van der Waals surface area contributed by atoms with E-state index in [0.29, 0.717) is 11.2 Å². The number of hydrogen-bond donors (Lipinski definition) is 3. The van der Waals surface area contributed by atoms with Gasteiger partial charge in [0.05, 0.1) is 11.9 Å². The van der Waals surface area contributed by atoms with Gasteiger partial charge in [-0.1, -0.05) is 12.1 Å². The first-order chi connectivity index (χ1) is 9.00. The van der Waals surface area contributed by atoms with Gasteiger partial charge >= 0.3 is 5.97 Å². The fraction of sp³-hybridized carbons (Fsp3) is 0.231. The molecule has 2 aromatic rings. The zero-order valence-corrected chi connectivity index (χ0v) is 10.4. The number of carboxylic acids is 1. The topological polar surface area (TPSA) is 91.6 Å². The molecule has 1 aromatic carbocycles. The maximum absolute atomic E-state index is 11.9. The molecule has 0 aliphatic rings. The van der Waals surface area contributed by atoms with Crippen LogP contribution in [0.5, 0.6) is 5.75 Å². The van der Waals surface area contributed by atoms with E-state index in [9.17, 15) is 14.7 Å². The van der Waals surface area contributed by atoms with Gasteiger partial charge in [-0.25, -0.2) is 0 Å². The van der Waals surface area contributed by atoms with Crippen LogP contribution in [0.25, 0.3) is 10.9 Å². The Morgan fingerprint density at radius 1 is 1.37 bits per heavy atom. The molecule has 0 aliphatic carbocycles. The van der Waals surface area contributed by atoms with E-state index in [-0.39, 0.29) is 24.6 Å². The van der Waals surface area contributed by atoms with Gasteiger partial charge < -0.3 is 20.1 Å². The Labute approximate surface area is 109 Å². The number of aryl methyl sites for hydroxylation is 1. The number of phenols is 1. The van der Waals surface area contributed by atoms with Gasteiger partial charge in [-0.15, -0.1) is 0 Å². The first kappa shape index (κ1) is 12.9. The highest BCUT2D eigenvalue weighted by Crippen LogP contribution is 2.26. The number of carboxylic acid groups (broad SMARTS) is 1. The minimum atomic E-state index is -0.963. The lowest BCUT2D eigenvalue weighted by Crippen LogP contribution is -2.27. The Hall–Kier alpha value is -2.50. The minimum absolute atomic E-state index is 0.0711. The molecule has 0 saturated carbocycles. The maximum Gasteiger partial charge on any atom is 0.305 e. The molecular weight excluding hydrogens is 248 g/mol. The van der Waals surface area contributed by atoms with Gasteiger partial charge in [0.25, 0.3) is 5.91 Å². The molecule has 3 N–H and O–H groups in total. The van der Waals surface area contributed by atoms with Gasteiger partial charge in [-0.3, -0.25) is 9.59 Å². The first-order valence-electron chi connectivity index (χ1n) is 5.78. The molecule has 1 amide bonds. The van der Waals surface area contributed by atoms with E-state index in [1.807, 2.05) is 0 Å². The number of carbonyl (C=O) groups is 2. The van der Waals surface area contributed by atoms with Crippen LogP contribution in [-0.2, 0) is 11.8 Å². The largest absolute Gasteiger partial charge is 0.506 e. The smallest absolute Gasteiger partial charge is 0.305 e. The summed E-state index contributed by atoms with van der Waals surface area (Å²) in [6.07, 6.45) is -0.124. The van der Waals surface area contributed by atoms with E-state index >= 15 is 0 Å². The van der Waals surface area contributed by atoms with Gasteiger partial charge in [0, 0.05) is 19.0 Å². The SMILES string of the molecule is Cn1c(C(=O)NCCC(=O)O)cc2cccc(O)c21. The third-order valence-corrected chi connectivity index (χ3v) is 2.89. The van der Waals surface area contributed by atoms with Crippen LogP contribution in [0.2, 0.25) is 0 Å². The zero-order valence-electron chi connectivity index (χ0n) is 10.4. The second-order valence-electron chi connectivity index (χ2n) is 4.20. The van der Waals surface area contributed by atoms with Crippen LogP contribution >= 0.6 is 0 Å². The van der Waals surface area contributed by atoms with Crippen molar-refractivity contribution in [3.8, 4) is 5.75 Å². The normalized spacial score (nSPS) is 10.6. The van der Waals surface area contributed by atoms with Crippen LogP contribution in [-0.4, -0.2) is 33.2 Å². The van der Waals surface area contributed by atoms with Crippen molar-refractivity contribution in [3.63, 3.8) is 0 Å². The third kappa shape index (κ3) is 2.52. The number of hydrogen-bond acceptors (Lipinski definition) is 3. The lowest BCUT2D eigenvalue weighted by molar-refractivity contribution is -0.136. The molecule has 0 bridgehead atoms. The molecule has 6 heteroatoms. The number of aromatic hydroxyl groups is 1. The summed E-state index contributed by atoms with van der Waals surface area (Å²) in [4.78, 5) is 22.3. The number of phenolic OH excluding ortho intramolecular Hbond substituents is 1. The Morgan fingerprint density at radius 2 is 2.11 bits per heavy atom. The standard InChI is InChI=1S/C13H14N2O4/c1-15-9(13(19)14-6-5-11(17)18)7-8-3-2-4-10(16)12(8)15/h2-4,7,16H,5-6H2,1H3,(H,14,19)(H,17,18). The van der Waals surface area contributed by atoms with E-state index in [1.165, 1.54) is 0 Å². The second kappa shape index (κ2) is 5.01. The van der Waals surface area contributed by atoms with Crippen LogP contribution in [0.4, 0.5) is 0 Å². The molecule has 0 spiro atoms. The number of carbonyl (C=O) groups excluding carboxylic acids is 1. The highest BCUT2D eigenvalue weighted by atomic mass is 16.4. The number of nitrogens with one attached hydrogen (secondary N) is 1. The molecule has 1 heterocycles. The molecule has 2 rings (SSSR count). The molecule has 0 unspecified atom stereocenters. The summed E-state index contributed by atoms with van der Waals surface area (Å²) in [5, 5.41) is 21.6. The first-order valence-corrected chi connectivity index (χ1v) is 5.78. The van der Waals surface area contributed by atoms with E-state index in [0.717, 1.165) is 5.39 Å². The molecule has 0 fully saturated rings. The van der Waals surface area contributed by atoms with Crippen LogP contribution in [0.15, 0.2) is 24.3 Å². The van der Waals surface area contributed by atoms with Crippen molar-refractivity contribution in [1.29, 1.82) is 0 Å². The predicted molar refractivity (Wildman–Crippen MR) is 69.2 cm³/mol. The summed E-state index contributed by atoms with van der Waals surface area (Å²) in [5.41, 5.74) is 0.952.